The van der Waals surface area contributed by atoms with Crippen molar-refractivity contribution >= 4 is 0 Å². The lowest BCUT2D eigenvalue weighted by atomic mass is 10.0. The number of aryl methyl sites for hydroxylation is 2. The highest BCUT2D eigenvalue weighted by Crippen LogP contribution is 2.20. The highest BCUT2D eigenvalue weighted by atomic mass is 16.5. The van der Waals surface area contributed by atoms with Crippen molar-refractivity contribution < 1.29 is 4.74 Å². The fraction of sp³-hybridized carbons (Fsp3) is 0.471. The predicted octanol–water partition coefficient (Wildman–Crippen LogP) is 3.10. The molecule has 1 heterocycles. The standard InChI is InChI=1S/C17H25N3O/c1-4-12-18-16(17-11-13-19-20(17)2)10-7-14-5-8-15(21-3)9-6-14/h5-6,8-9,11,13,16,18H,4,7,10,12H2,1-3H3. The van der Waals surface area contributed by atoms with Crippen LogP contribution >= 0.6 is 0 Å². The third-order valence-corrected chi connectivity index (χ3v) is 3.74. The lowest BCUT2D eigenvalue weighted by Gasteiger charge is -2.19. The third kappa shape index (κ3) is 4.33. The van der Waals surface area contributed by atoms with Gasteiger partial charge in [0, 0.05) is 19.3 Å². The molecule has 4 heteroatoms. The van der Waals surface area contributed by atoms with Gasteiger partial charge in [-0.25, -0.2) is 0 Å². The van der Waals surface area contributed by atoms with E-state index in [2.05, 4.69) is 35.5 Å². The Hall–Kier alpha value is -1.81. The second kappa shape index (κ2) is 7.84. The summed E-state index contributed by atoms with van der Waals surface area (Å²) in [5, 5.41) is 7.90. The monoisotopic (exact) mass is 287 g/mol. The van der Waals surface area contributed by atoms with Crippen LogP contribution in [-0.4, -0.2) is 23.4 Å². The van der Waals surface area contributed by atoms with Crippen molar-refractivity contribution in [1.29, 1.82) is 0 Å². The van der Waals surface area contributed by atoms with Crippen LogP contribution in [0.15, 0.2) is 36.5 Å². The zero-order valence-corrected chi connectivity index (χ0v) is 13.2. The highest BCUT2D eigenvalue weighted by Gasteiger charge is 2.14. The van der Waals surface area contributed by atoms with Gasteiger partial charge in [0.2, 0.25) is 0 Å². The Labute approximate surface area is 127 Å². The second-order valence-corrected chi connectivity index (χ2v) is 5.27. The number of rotatable bonds is 8. The Bertz CT molecular complexity index is 533. The summed E-state index contributed by atoms with van der Waals surface area (Å²) in [4.78, 5) is 0. The molecule has 0 amide bonds. The van der Waals surface area contributed by atoms with Gasteiger partial charge in [0.15, 0.2) is 0 Å². The van der Waals surface area contributed by atoms with Crippen LogP contribution in [0.4, 0.5) is 0 Å². The van der Waals surface area contributed by atoms with Gasteiger partial charge >= 0.3 is 0 Å². The van der Waals surface area contributed by atoms with Crippen molar-refractivity contribution in [2.45, 2.75) is 32.2 Å². The maximum atomic E-state index is 5.20. The van der Waals surface area contributed by atoms with Gasteiger partial charge in [0.1, 0.15) is 5.75 Å². The van der Waals surface area contributed by atoms with Crippen molar-refractivity contribution in [3.8, 4) is 5.75 Å². The van der Waals surface area contributed by atoms with Crippen molar-refractivity contribution in [2.24, 2.45) is 7.05 Å². The van der Waals surface area contributed by atoms with E-state index in [4.69, 9.17) is 4.74 Å². The molecule has 0 saturated carbocycles. The van der Waals surface area contributed by atoms with E-state index in [0.717, 1.165) is 31.6 Å². The smallest absolute Gasteiger partial charge is 0.118 e. The first kappa shape index (κ1) is 15.6. The fourth-order valence-corrected chi connectivity index (χ4v) is 2.50. The Kier molecular flexibility index (Phi) is 5.81. The van der Waals surface area contributed by atoms with Crippen molar-refractivity contribution in [1.82, 2.24) is 15.1 Å². The molecule has 0 aliphatic rings. The van der Waals surface area contributed by atoms with Crippen LogP contribution in [0.25, 0.3) is 0 Å². The topological polar surface area (TPSA) is 39.1 Å². The summed E-state index contributed by atoms with van der Waals surface area (Å²) in [7, 11) is 3.70. The van der Waals surface area contributed by atoms with Crippen LogP contribution < -0.4 is 10.1 Å². The number of benzene rings is 1. The molecule has 4 nitrogen and oxygen atoms in total. The maximum Gasteiger partial charge on any atom is 0.118 e. The number of nitrogens with one attached hydrogen (secondary N) is 1. The largest absolute Gasteiger partial charge is 0.497 e. The van der Waals surface area contributed by atoms with Crippen molar-refractivity contribution in [3.63, 3.8) is 0 Å². The Morgan fingerprint density at radius 1 is 1.24 bits per heavy atom. The Balaban J connectivity index is 1.99. The van der Waals surface area contributed by atoms with Crippen LogP contribution in [-0.2, 0) is 13.5 Å². The van der Waals surface area contributed by atoms with Gasteiger partial charge in [0.25, 0.3) is 0 Å². The van der Waals surface area contributed by atoms with Crippen LogP contribution in [0.1, 0.15) is 37.1 Å². The summed E-state index contributed by atoms with van der Waals surface area (Å²) in [6.45, 7) is 3.22. The SMILES string of the molecule is CCCNC(CCc1ccc(OC)cc1)c1ccnn1C. The molecule has 0 radical (unpaired) electrons. The molecule has 0 aliphatic carbocycles. The number of methoxy groups -OCH3 is 1. The number of nitrogens with zero attached hydrogens (tertiary/aromatic N) is 2. The minimum Gasteiger partial charge on any atom is -0.497 e. The minimum atomic E-state index is 0.347. The van der Waals surface area contributed by atoms with Crippen LogP contribution in [0, 0.1) is 0 Å². The van der Waals surface area contributed by atoms with Crippen molar-refractivity contribution in [3.05, 3.63) is 47.8 Å². The quantitative estimate of drug-likeness (QED) is 0.811. The normalized spacial score (nSPS) is 12.3. The van der Waals surface area contributed by atoms with Crippen LogP contribution in [0.2, 0.25) is 0 Å². The zero-order chi connectivity index (χ0) is 15.1. The Morgan fingerprint density at radius 2 is 2.00 bits per heavy atom. The van der Waals surface area contributed by atoms with Gasteiger partial charge in [-0.15, -0.1) is 0 Å². The molecular weight excluding hydrogens is 262 g/mol. The molecule has 0 spiro atoms. The van der Waals surface area contributed by atoms with Gasteiger partial charge in [-0.3, -0.25) is 4.68 Å². The average molecular weight is 287 g/mol. The third-order valence-electron chi connectivity index (χ3n) is 3.74. The number of ether oxygens (including phenoxy) is 1. The van der Waals surface area contributed by atoms with E-state index >= 15 is 0 Å². The first-order chi connectivity index (χ1) is 10.2. The molecule has 21 heavy (non-hydrogen) atoms. The Morgan fingerprint density at radius 3 is 2.57 bits per heavy atom. The van der Waals surface area contributed by atoms with Gasteiger partial charge in [-0.05, 0) is 49.6 Å². The molecule has 1 unspecified atom stereocenters. The summed E-state index contributed by atoms with van der Waals surface area (Å²) in [6.07, 6.45) is 5.10. The summed E-state index contributed by atoms with van der Waals surface area (Å²) in [5.41, 5.74) is 2.58. The molecule has 1 N–H and O–H groups in total. The molecule has 2 aromatic rings. The van der Waals surface area contributed by atoms with Crippen molar-refractivity contribution in [2.75, 3.05) is 13.7 Å². The highest BCUT2D eigenvalue weighted by molar-refractivity contribution is 5.27. The number of aromatic nitrogens is 2. The fourth-order valence-electron chi connectivity index (χ4n) is 2.50. The predicted molar refractivity (Wildman–Crippen MR) is 85.6 cm³/mol. The van der Waals surface area contributed by atoms with Crippen LogP contribution in [0.3, 0.4) is 0 Å². The summed E-state index contributed by atoms with van der Waals surface area (Å²) in [5.74, 6) is 0.908. The molecule has 0 fully saturated rings. The molecule has 0 bridgehead atoms. The number of hydrogen-bond donors (Lipinski definition) is 1. The van der Waals surface area contributed by atoms with E-state index in [9.17, 15) is 0 Å². The van der Waals surface area contributed by atoms with Crippen LogP contribution in [0.5, 0.6) is 5.75 Å². The second-order valence-electron chi connectivity index (χ2n) is 5.27. The van der Waals surface area contributed by atoms with Gasteiger partial charge in [-0.2, -0.15) is 5.10 Å². The summed E-state index contributed by atoms with van der Waals surface area (Å²) in [6, 6.07) is 10.8. The molecule has 0 saturated heterocycles. The van der Waals surface area contributed by atoms with Gasteiger partial charge in [-0.1, -0.05) is 19.1 Å². The molecule has 2 rings (SSSR count). The van der Waals surface area contributed by atoms with Gasteiger partial charge in [0.05, 0.1) is 12.8 Å². The van der Waals surface area contributed by atoms with E-state index in [1.54, 1.807) is 7.11 Å². The first-order valence-electron chi connectivity index (χ1n) is 7.58. The zero-order valence-electron chi connectivity index (χ0n) is 13.2. The van der Waals surface area contributed by atoms with E-state index in [1.165, 1.54) is 11.3 Å². The van der Waals surface area contributed by atoms with E-state index in [1.807, 2.05) is 30.1 Å². The van der Waals surface area contributed by atoms with E-state index in [0.29, 0.717) is 6.04 Å². The molecular formula is C17H25N3O. The lowest BCUT2D eigenvalue weighted by molar-refractivity contribution is 0.414. The molecule has 0 aliphatic heterocycles. The molecule has 1 aromatic carbocycles. The van der Waals surface area contributed by atoms with Gasteiger partial charge < -0.3 is 10.1 Å². The lowest BCUT2D eigenvalue weighted by Crippen LogP contribution is -2.24. The molecule has 114 valence electrons. The summed E-state index contributed by atoms with van der Waals surface area (Å²) >= 11 is 0. The number of hydrogen-bond acceptors (Lipinski definition) is 3. The molecule has 1 aromatic heterocycles. The maximum absolute atomic E-state index is 5.20. The first-order valence-corrected chi connectivity index (χ1v) is 7.58. The average Bonchev–Trinajstić information content (AvgIpc) is 2.94. The van der Waals surface area contributed by atoms with E-state index < -0.39 is 0 Å². The van der Waals surface area contributed by atoms with E-state index in [-0.39, 0.29) is 0 Å². The molecule has 1 atom stereocenters. The summed E-state index contributed by atoms with van der Waals surface area (Å²) < 4.78 is 7.16. The minimum absolute atomic E-state index is 0.347.